The van der Waals surface area contributed by atoms with Crippen LogP contribution in [0.5, 0.6) is 0 Å². The van der Waals surface area contributed by atoms with Crippen molar-refractivity contribution >= 4 is 33.0 Å². The average molecular weight is 652 g/mol. The summed E-state index contributed by atoms with van der Waals surface area (Å²) >= 11 is 1.10. The minimum Gasteiger partial charge on any atom is -0.383 e. The highest BCUT2D eigenvalue weighted by Crippen LogP contribution is 2.44. The molecule has 1 aliphatic heterocycles. The number of methoxy groups -OCH3 is 1. The van der Waals surface area contributed by atoms with E-state index in [1.165, 1.54) is 6.20 Å². The van der Waals surface area contributed by atoms with Gasteiger partial charge in [0.05, 0.1) is 59.2 Å². The van der Waals surface area contributed by atoms with Crippen molar-refractivity contribution in [2.75, 3.05) is 26.1 Å². The Bertz CT molecular complexity index is 1600. The molecule has 1 fully saturated rings. The van der Waals surface area contributed by atoms with E-state index in [-0.39, 0.29) is 40.8 Å². The van der Waals surface area contributed by atoms with Crippen LogP contribution in [0.3, 0.4) is 0 Å². The number of hydrogen-bond acceptors (Lipinski definition) is 9. The monoisotopic (exact) mass is 651 g/mol. The Labute approximate surface area is 262 Å². The van der Waals surface area contributed by atoms with Crippen LogP contribution in [0.15, 0.2) is 35.1 Å². The molecule has 1 aliphatic rings. The molecule has 0 bridgehead atoms. The van der Waals surface area contributed by atoms with Gasteiger partial charge in [-0.05, 0) is 43.3 Å². The molecule has 0 aliphatic carbocycles. The summed E-state index contributed by atoms with van der Waals surface area (Å²) in [4.78, 5) is 19.2. The van der Waals surface area contributed by atoms with Crippen LogP contribution in [0, 0.1) is 0 Å². The van der Waals surface area contributed by atoms with Gasteiger partial charge in [0.25, 0.3) is 5.91 Å². The fraction of sp³-hybridized carbons (Fsp3) is 0.533. The standard InChI is InChI=1S/C30H37F4N7O3S/c1-5-18-12-22(25(31)23(6-2)40(18)3)37-21-9-7-8-19-20(13-30(32,33)34)27(45-26(19)21)28-38-24(44-39-28)15-35-29(42)17-14-36-41(16-17)10-11-43-4/h7-9,14,16,18,22-23,25,37H,5-6,10-13,15H2,1-4H3,(H,35,42). The Morgan fingerprint density at radius 1 is 1.24 bits per heavy atom. The summed E-state index contributed by atoms with van der Waals surface area (Å²) < 4.78 is 69.6. The maximum atomic E-state index is 15.7. The Hall–Kier alpha value is -3.56. The van der Waals surface area contributed by atoms with Crippen molar-refractivity contribution in [2.45, 2.75) is 83.1 Å². The number of alkyl halides is 4. The topological polar surface area (TPSA) is 110 Å². The highest BCUT2D eigenvalue weighted by molar-refractivity contribution is 7.23. The van der Waals surface area contributed by atoms with E-state index in [9.17, 15) is 18.0 Å². The van der Waals surface area contributed by atoms with E-state index < -0.39 is 30.7 Å². The quantitative estimate of drug-likeness (QED) is 0.184. The van der Waals surface area contributed by atoms with E-state index in [4.69, 9.17) is 9.26 Å². The van der Waals surface area contributed by atoms with Crippen molar-refractivity contribution in [2.24, 2.45) is 0 Å². The highest BCUT2D eigenvalue weighted by atomic mass is 32.1. The fourth-order valence-corrected chi connectivity index (χ4v) is 7.19. The third-order valence-electron chi connectivity index (χ3n) is 8.29. The molecule has 15 heteroatoms. The second kappa shape index (κ2) is 13.8. The van der Waals surface area contributed by atoms with Gasteiger partial charge in [0.15, 0.2) is 0 Å². The third kappa shape index (κ3) is 7.31. The molecule has 244 valence electrons. The lowest BCUT2D eigenvalue weighted by molar-refractivity contribution is -0.126. The molecule has 4 unspecified atom stereocenters. The Kier molecular flexibility index (Phi) is 10.1. The molecule has 1 amide bonds. The molecule has 4 atom stereocenters. The second-order valence-electron chi connectivity index (χ2n) is 11.2. The van der Waals surface area contributed by atoms with E-state index in [2.05, 4.69) is 37.7 Å². The van der Waals surface area contributed by atoms with Crippen LogP contribution in [0.4, 0.5) is 23.2 Å². The lowest BCUT2D eigenvalue weighted by Crippen LogP contribution is -2.57. The van der Waals surface area contributed by atoms with Gasteiger partial charge >= 0.3 is 6.18 Å². The number of carbonyl (C=O) groups is 1. The summed E-state index contributed by atoms with van der Waals surface area (Å²) in [5, 5.41) is 14.5. The second-order valence-corrected chi connectivity index (χ2v) is 12.2. The predicted octanol–water partition coefficient (Wildman–Crippen LogP) is 5.84. The maximum Gasteiger partial charge on any atom is 0.393 e. The lowest BCUT2D eigenvalue weighted by atomic mass is 9.87. The summed E-state index contributed by atoms with van der Waals surface area (Å²) in [7, 11) is 3.51. The number of nitrogens with zero attached hydrogens (tertiary/aromatic N) is 5. The normalized spacial score (nSPS) is 21.0. The molecule has 4 aromatic rings. The largest absolute Gasteiger partial charge is 0.393 e. The van der Waals surface area contributed by atoms with Crippen LogP contribution in [-0.4, -0.2) is 82.0 Å². The van der Waals surface area contributed by atoms with E-state index in [1.54, 1.807) is 36.2 Å². The van der Waals surface area contributed by atoms with E-state index in [0.717, 1.165) is 17.8 Å². The van der Waals surface area contributed by atoms with Crippen molar-refractivity contribution in [1.82, 2.24) is 30.1 Å². The van der Waals surface area contributed by atoms with Gasteiger partial charge in [0.2, 0.25) is 11.7 Å². The summed E-state index contributed by atoms with van der Waals surface area (Å²) in [6.07, 6.45) is -1.78. The molecular formula is C30H37F4N7O3S. The number of amides is 1. The number of carbonyl (C=O) groups excluding carboxylic acids is 1. The molecule has 5 rings (SSSR count). The van der Waals surface area contributed by atoms with Gasteiger partial charge in [-0.3, -0.25) is 14.4 Å². The maximum absolute atomic E-state index is 15.7. The SMILES string of the molecule is CCC1CC(Nc2cccc3c(CC(F)(F)F)c(-c4noc(CNC(=O)c5cnn(CCOC)c5)n4)sc23)C(F)C(CC)N1C. The molecule has 45 heavy (non-hydrogen) atoms. The first-order valence-corrected chi connectivity index (χ1v) is 15.7. The lowest BCUT2D eigenvalue weighted by Gasteiger charge is -2.45. The fourth-order valence-electron chi connectivity index (χ4n) is 5.96. The van der Waals surface area contributed by atoms with Crippen molar-refractivity contribution < 1.29 is 31.6 Å². The number of nitrogens with one attached hydrogen (secondary N) is 2. The number of anilines is 1. The number of thiophene rings is 1. The van der Waals surface area contributed by atoms with Gasteiger partial charge in [0, 0.05) is 25.4 Å². The summed E-state index contributed by atoms with van der Waals surface area (Å²) in [6.45, 7) is 4.82. The van der Waals surface area contributed by atoms with Gasteiger partial charge in [-0.15, -0.1) is 11.3 Å². The summed E-state index contributed by atoms with van der Waals surface area (Å²) in [6, 6.07) is 4.49. The molecule has 4 heterocycles. The van der Waals surface area contributed by atoms with Crippen LogP contribution in [0.1, 0.15) is 54.9 Å². The number of halogens is 4. The number of aromatic nitrogens is 4. The molecule has 0 saturated carbocycles. The number of piperidine rings is 1. The molecule has 1 aromatic carbocycles. The van der Waals surface area contributed by atoms with Gasteiger partial charge in [-0.1, -0.05) is 31.1 Å². The number of ether oxygens (including phenoxy) is 1. The number of likely N-dealkylation sites (tertiary alicyclic amines) is 1. The molecule has 0 radical (unpaired) electrons. The van der Waals surface area contributed by atoms with Crippen molar-refractivity contribution in [3.05, 3.63) is 47.6 Å². The van der Waals surface area contributed by atoms with E-state index >= 15 is 4.39 Å². The first kappa shape index (κ1) is 32.8. The Balaban J connectivity index is 1.40. The smallest absolute Gasteiger partial charge is 0.383 e. The Morgan fingerprint density at radius 2 is 2.04 bits per heavy atom. The summed E-state index contributed by atoms with van der Waals surface area (Å²) in [5.74, 6) is -0.413. The van der Waals surface area contributed by atoms with Crippen molar-refractivity contribution in [1.29, 1.82) is 0 Å². The van der Waals surface area contributed by atoms with Crippen LogP contribution in [-0.2, 0) is 24.2 Å². The van der Waals surface area contributed by atoms with Crippen molar-refractivity contribution in [3.8, 4) is 10.7 Å². The van der Waals surface area contributed by atoms with E-state index in [1.807, 2.05) is 14.0 Å². The van der Waals surface area contributed by atoms with Gasteiger partial charge in [0.1, 0.15) is 6.17 Å². The zero-order valence-corrected chi connectivity index (χ0v) is 26.3. The number of benzene rings is 1. The van der Waals surface area contributed by atoms with Gasteiger partial charge < -0.3 is 19.9 Å². The van der Waals surface area contributed by atoms with Crippen LogP contribution in [0.2, 0.25) is 0 Å². The van der Waals surface area contributed by atoms with E-state index in [0.29, 0.717) is 47.3 Å². The molecular weight excluding hydrogens is 614 g/mol. The Morgan fingerprint density at radius 3 is 2.76 bits per heavy atom. The average Bonchev–Trinajstić information content (AvgIpc) is 3.75. The molecule has 1 saturated heterocycles. The zero-order valence-electron chi connectivity index (χ0n) is 25.5. The van der Waals surface area contributed by atoms with Crippen molar-refractivity contribution in [3.63, 3.8) is 0 Å². The minimum atomic E-state index is -4.50. The molecule has 0 spiro atoms. The highest BCUT2D eigenvalue weighted by Gasteiger charge is 2.40. The number of fused-ring (bicyclic) bond motifs is 1. The first-order valence-electron chi connectivity index (χ1n) is 14.9. The predicted molar refractivity (Wildman–Crippen MR) is 163 cm³/mol. The van der Waals surface area contributed by atoms with Gasteiger partial charge in [-0.25, -0.2) is 4.39 Å². The minimum absolute atomic E-state index is 0.0159. The van der Waals surface area contributed by atoms with Gasteiger partial charge in [-0.2, -0.15) is 23.3 Å². The third-order valence-corrected chi connectivity index (χ3v) is 9.57. The van der Waals surface area contributed by atoms with Crippen LogP contribution in [0.25, 0.3) is 20.8 Å². The number of rotatable bonds is 12. The first-order chi connectivity index (χ1) is 21.5. The molecule has 2 N–H and O–H groups in total. The van der Waals surface area contributed by atoms with Crippen LogP contribution >= 0.6 is 11.3 Å². The summed E-state index contributed by atoms with van der Waals surface area (Å²) in [5.41, 5.74) is 0.902. The van der Waals surface area contributed by atoms with Crippen LogP contribution < -0.4 is 10.6 Å². The number of hydrogen-bond donors (Lipinski definition) is 2. The zero-order chi connectivity index (χ0) is 32.3. The molecule has 3 aromatic heterocycles. The molecule has 10 nitrogen and oxygen atoms in total.